The topological polar surface area (TPSA) is 48.1 Å². The van der Waals surface area contributed by atoms with Crippen molar-refractivity contribution < 1.29 is 4.74 Å². The summed E-state index contributed by atoms with van der Waals surface area (Å²) in [6.45, 7) is 1.90. The Morgan fingerprint density at radius 3 is 2.56 bits per heavy atom. The SMILES string of the molecule is C[C@H](N)c1ccc(Oc2ccc(Cl)cc2Cl)nc1. The minimum Gasteiger partial charge on any atom is -0.437 e. The molecule has 1 aromatic carbocycles. The zero-order valence-corrected chi connectivity index (χ0v) is 11.2. The Bertz CT molecular complexity index is 541. The van der Waals surface area contributed by atoms with Crippen molar-refractivity contribution >= 4 is 23.2 Å². The predicted octanol–water partition coefficient (Wildman–Crippen LogP) is 4.20. The summed E-state index contributed by atoms with van der Waals surface area (Å²) >= 11 is 11.8. The van der Waals surface area contributed by atoms with E-state index in [4.69, 9.17) is 33.7 Å². The van der Waals surface area contributed by atoms with E-state index >= 15 is 0 Å². The molecule has 2 rings (SSSR count). The maximum absolute atomic E-state index is 6.00. The van der Waals surface area contributed by atoms with Crippen LogP contribution in [0.3, 0.4) is 0 Å². The number of ether oxygens (including phenoxy) is 1. The van der Waals surface area contributed by atoms with E-state index < -0.39 is 0 Å². The Morgan fingerprint density at radius 1 is 1.22 bits per heavy atom. The van der Waals surface area contributed by atoms with Crippen LogP contribution in [0, 0.1) is 0 Å². The van der Waals surface area contributed by atoms with Crippen molar-refractivity contribution in [1.29, 1.82) is 0 Å². The summed E-state index contributed by atoms with van der Waals surface area (Å²) in [4.78, 5) is 4.16. The molecule has 2 aromatic rings. The molecule has 94 valence electrons. The predicted molar refractivity (Wildman–Crippen MR) is 73.4 cm³/mol. The molecule has 2 N–H and O–H groups in total. The van der Waals surface area contributed by atoms with Crippen molar-refractivity contribution in [1.82, 2.24) is 4.98 Å². The molecule has 0 spiro atoms. The second kappa shape index (κ2) is 5.57. The van der Waals surface area contributed by atoms with E-state index in [1.807, 2.05) is 13.0 Å². The van der Waals surface area contributed by atoms with Crippen molar-refractivity contribution in [2.75, 3.05) is 0 Å². The van der Waals surface area contributed by atoms with Crippen LogP contribution < -0.4 is 10.5 Å². The van der Waals surface area contributed by atoms with E-state index in [0.717, 1.165) is 5.56 Å². The molecule has 1 aromatic heterocycles. The second-order valence-electron chi connectivity index (χ2n) is 3.90. The van der Waals surface area contributed by atoms with Crippen LogP contribution in [0.2, 0.25) is 10.0 Å². The fourth-order valence-corrected chi connectivity index (χ4v) is 1.84. The zero-order chi connectivity index (χ0) is 13.1. The molecule has 0 saturated carbocycles. The van der Waals surface area contributed by atoms with Gasteiger partial charge in [0.2, 0.25) is 5.88 Å². The average molecular weight is 283 g/mol. The van der Waals surface area contributed by atoms with Gasteiger partial charge in [0.15, 0.2) is 0 Å². The second-order valence-corrected chi connectivity index (χ2v) is 4.74. The Morgan fingerprint density at radius 2 is 2.00 bits per heavy atom. The lowest BCUT2D eigenvalue weighted by molar-refractivity contribution is 0.462. The molecule has 0 aliphatic heterocycles. The molecule has 0 fully saturated rings. The lowest BCUT2D eigenvalue weighted by Gasteiger charge is -2.08. The fourth-order valence-electron chi connectivity index (χ4n) is 1.39. The first-order valence-electron chi connectivity index (χ1n) is 5.40. The first kappa shape index (κ1) is 13.1. The van der Waals surface area contributed by atoms with Crippen molar-refractivity contribution in [3.8, 4) is 11.6 Å². The van der Waals surface area contributed by atoms with E-state index in [1.54, 1.807) is 30.5 Å². The molecule has 0 unspecified atom stereocenters. The summed E-state index contributed by atoms with van der Waals surface area (Å²) in [5.74, 6) is 0.978. The van der Waals surface area contributed by atoms with E-state index in [1.165, 1.54) is 0 Å². The summed E-state index contributed by atoms with van der Waals surface area (Å²) in [6, 6.07) is 8.60. The van der Waals surface area contributed by atoms with Crippen LogP contribution in [-0.2, 0) is 0 Å². The molecule has 0 radical (unpaired) electrons. The van der Waals surface area contributed by atoms with E-state index in [2.05, 4.69) is 4.98 Å². The van der Waals surface area contributed by atoms with Crippen LogP contribution in [0.4, 0.5) is 0 Å². The third-order valence-electron chi connectivity index (χ3n) is 2.39. The molecule has 1 atom stereocenters. The van der Waals surface area contributed by atoms with Gasteiger partial charge in [-0.2, -0.15) is 0 Å². The minimum atomic E-state index is -0.0503. The van der Waals surface area contributed by atoms with E-state index in [9.17, 15) is 0 Å². The van der Waals surface area contributed by atoms with Crippen molar-refractivity contribution in [2.45, 2.75) is 13.0 Å². The average Bonchev–Trinajstić information content (AvgIpc) is 2.33. The molecule has 0 saturated heterocycles. The van der Waals surface area contributed by atoms with E-state index in [-0.39, 0.29) is 6.04 Å². The van der Waals surface area contributed by atoms with Crippen LogP contribution in [-0.4, -0.2) is 4.98 Å². The molecule has 0 bridgehead atoms. The third kappa shape index (κ3) is 3.13. The van der Waals surface area contributed by atoms with Gasteiger partial charge in [0.1, 0.15) is 5.75 Å². The van der Waals surface area contributed by atoms with Gasteiger partial charge >= 0.3 is 0 Å². The summed E-state index contributed by atoms with van der Waals surface area (Å²) in [5, 5.41) is 1.01. The first-order valence-corrected chi connectivity index (χ1v) is 6.16. The van der Waals surface area contributed by atoms with Gasteiger partial charge in [-0.3, -0.25) is 0 Å². The Balaban J connectivity index is 2.18. The molecule has 0 amide bonds. The lowest BCUT2D eigenvalue weighted by Crippen LogP contribution is -2.05. The zero-order valence-electron chi connectivity index (χ0n) is 9.73. The summed E-state index contributed by atoms with van der Waals surface area (Å²) in [6.07, 6.45) is 1.68. The van der Waals surface area contributed by atoms with Gasteiger partial charge in [0, 0.05) is 23.3 Å². The van der Waals surface area contributed by atoms with Gasteiger partial charge in [-0.1, -0.05) is 29.3 Å². The number of nitrogens with zero attached hydrogens (tertiary/aromatic N) is 1. The molecular formula is C13H12Cl2N2O. The van der Waals surface area contributed by atoms with Crippen molar-refractivity contribution in [2.24, 2.45) is 5.73 Å². The maximum Gasteiger partial charge on any atom is 0.219 e. The number of hydrogen-bond donors (Lipinski definition) is 1. The number of benzene rings is 1. The number of halogens is 2. The number of hydrogen-bond acceptors (Lipinski definition) is 3. The molecule has 0 aliphatic carbocycles. The fraction of sp³-hybridized carbons (Fsp3) is 0.154. The molecule has 1 heterocycles. The Labute approximate surface area is 115 Å². The minimum absolute atomic E-state index is 0.0503. The van der Waals surface area contributed by atoms with Gasteiger partial charge in [-0.15, -0.1) is 0 Å². The van der Waals surface area contributed by atoms with E-state index in [0.29, 0.717) is 21.7 Å². The number of aromatic nitrogens is 1. The van der Waals surface area contributed by atoms with Crippen LogP contribution in [0.25, 0.3) is 0 Å². The van der Waals surface area contributed by atoms with Crippen LogP contribution in [0.1, 0.15) is 18.5 Å². The number of nitrogens with two attached hydrogens (primary N) is 1. The summed E-state index contributed by atoms with van der Waals surface area (Å²) in [7, 11) is 0. The molecule has 3 nitrogen and oxygen atoms in total. The lowest BCUT2D eigenvalue weighted by atomic mass is 10.2. The number of pyridine rings is 1. The van der Waals surface area contributed by atoms with Crippen molar-refractivity contribution in [3.05, 3.63) is 52.1 Å². The normalized spacial score (nSPS) is 12.2. The number of rotatable bonds is 3. The highest BCUT2D eigenvalue weighted by molar-refractivity contribution is 6.35. The third-order valence-corrected chi connectivity index (χ3v) is 2.92. The van der Waals surface area contributed by atoms with Gasteiger partial charge in [0.25, 0.3) is 0 Å². The largest absolute Gasteiger partial charge is 0.437 e. The first-order chi connectivity index (χ1) is 8.56. The molecular weight excluding hydrogens is 271 g/mol. The van der Waals surface area contributed by atoms with Crippen LogP contribution in [0.15, 0.2) is 36.5 Å². The Hall–Kier alpha value is -1.29. The summed E-state index contributed by atoms with van der Waals surface area (Å²) in [5.41, 5.74) is 6.69. The highest BCUT2D eigenvalue weighted by Crippen LogP contribution is 2.30. The molecule has 18 heavy (non-hydrogen) atoms. The van der Waals surface area contributed by atoms with Crippen LogP contribution >= 0.6 is 23.2 Å². The molecule has 5 heteroatoms. The van der Waals surface area contributed by atoms with Gasteiger partial charge in [0.05, 0.1) is 5.02 Å². The van der Waals surface area contributed by atoms with Crippen molar-refractivity contribution in [3.63, 3.8) is 0 Å². The summed E-state index contributed by atoms with van der Waals surface area (Å²) < 4.78 is 5.56. The highest BCUT2D eigenvalue weighted by atomic mass is 35.5. The van der Waals surface area contributed by atoms with Crippen LogP contribution in [0.5, 0.6) is 11.6 Å². The molecule has 0 aliphatic rings. The van der Waals surface area contributed by atoms with Gasteiger partial charge in [-0.05, 0) is 30.7 Å². The smallest absolute Gasteiger partial charge is 0.219 e. The van der Waals surface area contributed by atoms with Gasteiger partial charge < -0.3 is 10.5 Å². The Kier molecular flexibility index (Phi) is 4.07. The standard InChI is InChI=1S/C13H12Cl2N2O/c1-8(16)9-2-5-13(17-7-9)18-12-4-3-10(14)6-11(12)15/h2-8H,16H2,1H3/t8-/m0/s1. The van der Waals surface area contributed by atoms with Gasteiger partial charge in [-0.25, -0.2) is 4.98 Å². The highest BCUT2D eigenvalue weighted by Gasteiger charge is 2.06. The quantitative estimate of drug-likeness (QED) is 0.918. The maximum atomic E-state index is 6.00. The monoisotopic (exact) mass is 282 g/mol.